The van der Waals surface area contributed by atoms with Crippen molar-refractivity contribution in [1.29, 1.82) is 0 Å². The standard InChI is InChI=1S/C14H16N2O/c17-10-14(7-3-8-14)16-13-6-9-15-12-5-2-1-4-11(12)13/h1-2,4-6,9,17H,3,7-8,10H2,(H,15,16). The van der Waals surface area contributed by atoms with E-state index in [9.17, 15) is 5.11 Å². The summed E-state index contributed by atoms with van der Waals surface area (Å²) in [5.41, 5.74) is 1.96. The number of aromatic nitrogens is 1. The summed E-state index contributed by atoms with van der Waals surface area (Å²) < 4.78 is 0. The van der Waals surface area contributed by atoms with Crippen molar-refractivity contribution in [2.24, 2.45) is 0 Å². The summed E-state index contributed by atoms with van der Waals surface area (Å²) in [5, 5.41) is 14.1. The van der Waals surface area contributed by atoms with E-state index in [4.69, 9.17) is 0 Å². The predicted octanol–water partition coefficient (Wildman–Crippen LogP) is 2.56. The van der Waals surface area contributed by atoms with Gasteiger partial charge in [0.25, 0.3) is 0 Å². The van der Waals surface area contributed by atoms with Gasteiger partial charge in [-0.1, -0.05) is 18.2 Å². The molecular weight excluding hydrogens is 212 g/mol. The van der Waals surface area contributed by atoms with Gasteiger partial charge in [-0.2, -0.15) is 0 Å². The fourth-order valence-corrected chi connectivity index (χ4v) is 2.42. The van der Waals surface area contributed by atoms with Crippen molar-refractivity contribution in [2.75, 3.05) is 11.9 Å². The first-order valence-electron chi connectivity index (χ1n) is 6.06. The van der Waals surface area contributed by atoms with Crippen LogP contribution in [-0.4, -0.2) is 22.2 Å². The quantitative estimate of drug-likeness (QED) is 0.848. The maximum Gasteiger partial charge on any atom is 0.0722 e. The molecule has 1 saturated carbocycles. The van der Waals surface area contributed by atoms with E-state index >= 15 is 0 Å². The third-order valence-corrected chi connectivity index (χ3v) is 3.66. The van der Waals surface area contributed by atoms with Gasteiger partial charge in [0.05, 0.1) is 17.7 Å². The summed E-state index contributed by atoms with van der Waals surface area (Å²) in [6, 6.07) is 10.1. The minimum atomic E-state index is -0.107. The Morgan fingerprint density at radius 1 is 1.24 bits per heavy atom. The van der Waals surface area contributed by atoms with E-state index in [0.717, 1.165) is 29.4 Å². The fraction of sp³-hybridized carbons (Fsp3) is 0.357. The van der Waals surface area contributed by atoms with Crippen LogP contribution < -0.4 is 5.32 Å². The summed E-state index contributed by atoms with van der Waals surface area (Å²) >= 11 is 0. The van der Waals surface area contributed by atoms with E-state index < -0.39 is 0 Å². The van der Waals surface area contributed by atoms with Gasteiger partial charge in [-0.05, 0) is 31.4 Å². The number of nitrogens with one attached hydrogen (secondary N) is 1. The zero-order chi connectivity index (χ0) is 11.7. The van der Waals surface area contributed by atoms with Gasteiger partial charge in [0, 0.05) is 17.3 Å². The van der Waals surface area contributed by atoms with Crippen molar-refractivity contribution in [3.05, 3.63) is 36.5 Å². The third-order valence-electron chi connectivity index (χ3n) is 3.66. The summed E-state index contributed by atoms with van der Waals surface area (Å²) in [6.45, 7) is 0.198. The smallest absolute Gasteiger partial charge is 0.0722 e. The minimum Gasteiger partial charge on any atom is -0.394 e. The zero-order valence-electron chi connectivity index (χ0n) is 9.69. The molecule has 0 radical (unpaired) electrons. The Bertz CT molecular complexity index is 524. The summed E-state index contributed by atoms with van der Waals surface area (Å²) in [5.74, 6) is 0. The van der Waals surface area contributed by atoms with E-state index in [1.54, 1.807) is 0 Å². The van der Waals surface area contributed by atoms with Gasteiger partial charge in [0.15, 0.2) is 0 Å². The molecule has 1 aromatic carbocycles. The normalized spacial score (nSPS) is 17.7. The molecule has 1 fully saturated rings. The Hall–Kier alpha value is -1.61. The maximum atomic E-state index is 9.49. The SMILES string of the molecule is OCC1(Nc2ccnc3ccccc23)CCC1. The van der Waals surface area contributed by atoms with Crippen LogP contribution >= 0.6 is 0 Å². The molecule has 0 saturated heterocycles. The van der Waals surface area contributed by atoms with Gasteiger partial charge in [0.2, 0.25) is 0 Å². The second-order valence-electron chi connectivity index (χ2n) is 4.79. The number of hydrogen-bond acceptors (Lipinski definition) is 3. The van der Waals surface area contributed by atoms with Gasteiger partial charge in [0.1, 0.15) is 0 Å². The second kappa shape index (κ2) is 4.00. The van der Waals surface area contributed by atoms with Crippen LogP contribution in [0.4, 0.5) is 5.69 Å². The van der Waals surface area contributed by atoms with E-state index in [1.165, 1.54) is 6.42 Å². The van der Waals surface area contributed by atoms with Crippen LogP contribution in [0.3, 0.4) is 0 Å². The van der Waals surface area contributed by atoms with Crippen molar-refractivity contribution < 1.29 is 5.11 Å². The average Bonchev–Trinajstić information content (AvgIpc) is 2.34. The summed E-state index contributed by atoms with van der Waals surface area (Å²) in [7, 11) is 0. The first kappa shape index (κ1) is 10.5. The fourth-order valence-electron chi connectivity index (χ4n) is 2.42. The highest BCUT2D eigenvalue weighted by molar-refractivity contribution is 5.91. The Balaban J connectivity index is 2.00. The molecule has 3 heteroatoms. The van der Waals surface area contributed by atoms with Gasteiger partial charge in [-0.25, -0.2) is 0 Å². The third kappa shape index (κ3) is 1.76. The molecule has 17 heavy (non-hydrogen) atoms. The number of rotatable bonds is 3. The lowest BCUT2D eigenvalue weighted by atomic mass is 9.77. The molecule has 2 N–H and O–H groups in total. The van der Waals surface area contributed by atoms with Crippen molar-refractivity contribution >= 4 is 16.6 Å². The Kier molecular flexibility index (Phi) is 2.48. The van der Waals surface area contributed by atoms with Crippen molar-refractivity contribution in [1.82, 2.24) is 4.98 Å². The minimum absolute atomic E-state index is 0.107. The maximum absolute atomic E-state index is 9.49. The molecule has 0 spiro atoms. The molecule has 0 atom stereocenters. The Morgan fingerprint density at radius 2 is 2.06 bits per heavy atom. The first-order chi connectivity index (χ1) is 8.33. The van der Waals surface area contributed by atoms with Crippen LogP contribution in [0, 0.1) is 0 Å². The summed E-state index contributed by atoms with van der Waals surface area (Å²) in [6.07, 6.45) is 5.09. The predicted molar refractivity (Wildman–Crippen MR) is 69.0 cm³/mol. The van der Waals surface area contributed by atoms with E-state index in [0.29, 0.717) is 0 Å². The van der Waals surface area contributed by atoms with Crippen LogP contribution in [-0.2, 0) is 0 Å². The van der Waals surface area contributed by atoms with Gasteiger partial charge >= 0.3 is 0 Å². The number of fused-ring (bicyclic) bond motifs is 1. The van der Waals surface area contributed by atoms with Crippen LogP contribution in [0.15, 0.2) is 36.5 Å². The molecule has 0 bridgehead atoms. The molecule has 1 heterocycles. The number of hydrogen-bond donors (Lipinski definition) is 2. The lowest BCUT2D eigenvalue weighted by Crippen LogP contribution is -2.48. The molecule has 3 rings (SSSR count). The lowest BCUT2D eigenvalue weighted by molar-refractivity contribution is 0.144. The molecule has 1 aliphatic rings. The van der Waals surface area contributed by atoms with Crippen LogP contribution in [0.25, 0.3) is 10.9 Å². The highest BCUT2D eigenvalue weighted by Gasteiger charge is 2.36. The monoisotopic (exact) mass is 228 g/mol. The topological polar surface area (TPSA) is 45.1 Å². The number of aliphatic hydroxyl groups is 1. The van der Waals surface area contributed by atoms with Crippen LogP contribution in [0.5, 0.6) is 0 Å². The number of aliphatic hydroxyl groups excluding tert-OH is 1. The number of para-hydroxylation sites is 1. The first-order valence-corrected chi connectivity index (χ1v) is 6.06. The van der Waals surface area contributed by atoms with E-state index in [2.05, 4.69) is 16.4 Å². The molecule has 88 valence electrons. The van der Waals surface area contributed by atoms with Gasteiger partial charge in [-0.15, -0.1) is 0 Å². The second-order valence-corrected chi connectivity index (χ2v) is 4.79. The molecule has 0 amide bonds. The van der Waals surface area contributed by atoms with Crippen molar-refractivity contribution in [2.45, 2.75) is 24.8 Å². The Morgan fingerprint density at radius 3 is 2.76 bits per heavy atom. The van der Waals surface area contributed by atoms with E-state index in [-0.39, 0.29) is 12.1 Å². The van der Waals surface area contributed by atoms with Crippen molar-refractivity contribution in [3.8, 4) is 0 Å². The number of benzene rings is 1. The zero-order valence-corrected chi connectivity index (χ0v) is 9.69. The molecule has 1 aliphatic carbocycles. The molecule has 2 aromatic rings. The number of pyridine rings is 1. The van der Waals surface area contributed by atoms with Crippen LogP contribution in [0.1, 0.15) is 19.3 Å². The highest BCUT2D eigenvalue weighted by Crippen LogP contribution is 2.36. The van der Waals surface area contributed by atoms with Crippen molar-refractivity contribution in [3.63, 3.8) is 0 Å². The summed E-state index contributed by atoms with van der Waals surface area (Å²) in [4.78, 5) is 4.34. The lowest BCUT2D eigenvalue weighted by Gasteiger charge is -2.42. The molecule has 1 aromatic heterocycles. The highest BCUT2D eigenvalue weighted by atomic mass is 16.3. The number of nitrogens with zero attached hydrogens (tertiary/aromatic N) is 1. The van der Waals surface area contributed by atoms with Gasteiger partial charge in [-0.3, -0.25) is 4.98 Å². The molecule has 3 nitrogen and oxygen atoms in total. The Labute approximate surface area is 100 Å². The average molecular weight is 228 g/mol. The molecule has 0 unspecified atom stereocenters. The molecule has 0 aliphatic heterocycles. The largest absolute Gasteiger partial charge is 0.394 e. The number of anilines is 1. The molecular formula is C14H16N2O. The van der Waals surface area contributed by atoms with E-state index in [1.807, 2.05) is 30.5 Å². The van der Waals surface area contributed by atoms with Gasteiger partial charge < -0.3 is 10.4 Å². The van der Waals surface area contributed by atoms with Crippen LogP contribution in [0.2, 0.25) is 0 Å².